The maximum Gasteiger partial charge on any atom is 0.0766 e. The van der Waals surface area contributed by atoms with Crippen LogP contribution in [0.5, 0.6) is 0 Å². The van der Waals surface area contributed by atoms with E-state index in [1.807, 2.05) is 13.8 Å². The highest BCUT2D eigenvalue weighted by molar-refractivity contribution is 4.84. The van der Waals surface area contributed by atoms with E-state index in [1.54, 1.807) is 0 Å². The van der Waals surface area contributed by atoms with E-state index in [0.717, 1.165) is 25.9 Å². The van der Waals surface area contributed by atoms with Crippen molar-refractivity contribution in [3.05, 3.63) is 0 Å². The van der Waals surface area contributed by atoms with Gasteiger partial charge in [-0.1, -0.05) is 13.8 Å². The molecule has 3 nitrogen and oxygen atoms in total. The average molecular weight is 201 g/mol. The van der Waals surface area contributed by atoms with E-state index in [1.165, 1.54) is 0 Å². The van der Waals surface area contributed by atoms with Gasteiger partial charge in [0, 0.05) is 19.2 Å². The van der Waals surface area contributed by atoms with Crippen molar-refractivity contribution >= 4 is 0 Å². The fourth-order valence-electron chi connectivity index (χ4n) is 1.82. The van der Waals surface area contributed by atoms with Crippen LogP contribution in [0.1, 0.15) is 40.0 Å². The van der Waals surface area contributed by atoms with Crippen molar-refractivity contribution < 1.29 is 9.84 Å². The van der Waals surface area contributed by atoms with Gasteiger partial charge in [-0.15, -0.1) is 0 Å². The first-order valence-electron chi connectivity index (χ1n) is 5.68. The van der Waals surface area contributed by atoms with Crippen LogP contribution in [0.3, 0.4) is 0 Å². The molecule has 1 saturated heterocycles. The molecule has 2 N–H and O–H groups in total. The van der Waals surface area contributed by atoms with Crippen LogP contribution in [0.2, 0.25) is 0 Å². The zero-order valence-corrected chi connectivity index (χ0v) is 9.55. The highest BCUT2D eigenvalue weighted by atomic mass is 16.5. The Morgan fingerprint density at radius 1 is 1.43 bits per heavy atom. The molecule has 1 aliphatic rings. The molecule has 0 radical (unpaired) electrons. The van der Waals surface area contributed by atoms with Crippen LogP contribution in [0.4, 0.5) is 0 Å². The zero-order chi connectivity index (χ0) is 10.6. The van der Waals surface area contributed by atoms with E-state index in [0.29, 0.717) is 12.6 Å². The Bertz CT molecular complexity index is 169. The van der Waals surface area contributed by atoms with E-state index in [2.05, 4.69) is 12.2 Å². The van der Waals surface area contributed by atoms with Gasteiger partial charge in [-0.3, -0.25) is 0 Å². The van der Waals surface area contributed by atoms with Crippen molar-refractivity contribution in [2.24, 2.45) is 0 Å². The summed E-state index contributed by atoms with van der Waals surface area (Å²) in [6, 6.07) is 0.416. The second kappa shape index (κ2) is 5.10. The number of hydrogen-bond acceptors (Lipinski definition) is 3. The summed E-state index contributed by atoms with van der Waals surface area (Å²) in [6.07, 6.45) is 2.95. The normalized spacial score (nSPS) is 28.3. The zero-order valence-electron chi connectivity index (χ0n) is 9.55. The molecule has 0 amide bonds. The summed E-state index contributed by atoms with van der Waals surface area (Å²) in [4.78, 5) is 0. The van der Waals surface area contributed by atoms with Gasteiger partial charge in [0.25, 0.3) is 0 Å². The number of hydrogen-bond donors (Lipinski definition) is 2. The Balaban J connectivity index is 2.31. The van der Waals surface area contributed by atoms with E-state index >= 15 is 0 Å². The quantitative estimate of drug-likeness (QED) is 0.704. The van der Waals surface area contributed by atoms with Crippen LogP contribution < -0.4 is 5.32 Å². The first kappa shape index (κ1) is 12.0. The molecule has 0 saturated carbocycles. The van der Waals surface area contributed by atoms with Crippen LogP contribution >= 0.6 is 0 Å². The van der Waals surface area contributed by atoms with Crippen LogP contribution in [-0.4, -0.2) is 36.0 Å². The van der Waals surface area contributed by atoms with Crippen molar-refractivity contribution in [3.63, 3.8) is 0 Å². The molecule has 0 bridgehead atoms. The Morgan fingerprint density at radius 3 is 2.50 bits per heavy atom. The highest BCUT2D eigenvalue weighted by Gasteiger charge is 2.28. The molecule has 0 aliphatic carbocycles. The first-order valence-corrected chi connectivity index (χ1v) is 5.68. The number of nitrogens with one attached hydrogen (secondary N) is 1. The number of rotatable bonds is 5. The van der Waals surface area contributed by atoms with Crippen molar-refractivity contribution in [1.29, 1.82) is 0 Å². The Labute approximate surface area is 86.8 Å². The van der Waals surface area contributed by atoms with Crippen molar-refractivity contribution in [3.8, 4) is 0 Å². The van der Waals surface area contributed by atoms with Crippen LogP contribution in [0.15, 0.2) is 0 Å². The summed E-state index contributed by atoms with van der Waals surface area (Å²) >= 11 is 0. The fourth-order valence-corrected chi connectivity index (χ4v) is 1.82. The average Bonchev–Trinajstić information content (AvgIpc) is 2.61. The van der Waals surface area contributed by atoms with E-state index in [-0.39, 0.29) is 6.10 Å². The first-order chi connectivity index (χ1) is 6.61. The molecule has 1 heterocycles. The summed E-state index contributed by atoms with van der Waals surface area (Å²) in [5.74, 6) is 0. The second-order valence-corrected chi connectivity index (χ2v) is 4.28. The summed E-state index contributed by atoms with van der Waals surface area (Å²) in [7, 11) is 0. The van der Waals surface area contributed by atoms with E-state index in [9.17, 15) is 5.11 Å². The van der Waals surface area contributed by atoms with Gasteiger partial charge < -0.3 is 15.2 Å². The molecule has 1 fully saturated rings. The van der Waals surface area contributed by atoms with Gasteiger partial charge >= 0.3 is 0 Å². The lowest BCUT2D eigenvalue weighted by Gasteiger charge is -2.28. The molecule has 3 heteroatoms. The monoisotopic (exact) mass is 201 g/mol. The molecular formula is C11H23NO2. The Hall–Kier alpha value is -0.120. The molecular weight excluding hydrogens is 178 g/mol. The SMILES string of the molecule is CCC(O)(CC)CNC1CCOC1C. The third kappa shape index (κ3) is 2.94. The van der Waals surface area contributed by atoms with Crippen molar-refractivity contribution in [2.75, 3.05) is 13.2 Å². The minimum Gasteiger partial charge on any atom is -0.389 e. The fraction of sp³-hybridized carbons (Fsp3) is 1.00. The molecule has 2 unspecified atom stereocenters. The summed E-state index contributed by atoms with van der Waals surface area (Å²) in [6.45, 7) is 7.66. The van der Waals surface area contributed by atoms with Crippen molar-refractivity contribution in [2.45, 2.75) is 57.8 Å². The number of aliphatic hydroxyl groups is 1. The van der Waals surface area contributed by atoms with Gasteiger partial charge in [-0.25, -0.2) is 0 Å². The Morgan fingerprint density at radius 2 is 2.07 bits per heavy atom. The summed E-state index contributed by atoms with van der Waals surface area (Å²) in [5, 5.41) is 13.5. The third-order valence-electron chi connectivity index (χ3n) is 3.39. The minimum atomic E-state index is -0.539. The van der Waals surface area contributed by atoms with Gasteiger partial charge in [-0.05, 0) is 26.2 Å². The van der Waals surface area contributed by atoms with Gasteiger partial charge in [0.1, 0.15) is 0 Å². The molecule has 0 aromatic rings. The molecule has 1 rings (SSSR count). The summed E-state index contributed by atoms with van der Waals surface area (Å²) < 4.78 is 5.45. The standard InChI is InChI=1S/C11H23NO2/c1-4-11(13,5-2)8-12-10-6-7-14-9(10)3/h9-10,12-13H,4-8H2,1-3H3. The van der Waals surface area contributed by atoms with Crippen LogP contribution in [0.25, 0.3) is 0 Å². The lowest BCUT2D eigenvalue weighted by molar-refractivity contribution is 0.0263. The Kier molecular flexibility index (Phi) is 4.35. The molecule has 0 spiro atoms. The maximum atomic E-state index is 10.1. The van der Waals surface area contributed by atoms with Crippen LogP contribution in [0, 0.1) is 0 Å². The molecule has 84 valence electrons. The molecule has 2 atom stereocenters. The van der Waals surface area contributed by atoms with E-state index in [4.69, 9.17) is 4.74 Å². The predicted molar refractivity (Wildman–Crippen MR) is 57.4 cm³/mol. The maximum absolute atomic E-state index is 10.1. The van der Waals surface area contributed by atoms with Crippen molar-refractivity contribution in [1.82, 2.24) is 5.32 Å². The molecule has 0 aromatic heterocycles. The molecule has 14 heavy (non-hydrogen) atoms. The lowest BCUT2D eigenvalue weighted by atomic mass is 9.97. The second-order valence-electron chi connectivity index (χ2n) is 4.28. The predicted octanol–water partition coefficient (Wildman–Crippen LogP) is 1.30. The topological polar surface area (TPSA) is 41.5 Å². The van der Waals surface area contributed by atoms with Crippen LogP contribution in [-0.2, 0) is 4.74 Å². The molecule has 0 aromatic carbocycles. The smallest absolute Gasteiger partial charge is 0.0766 e. The van der Waals surface area contributed by atoms with Gasteiger partial charge in [0.2, 0.25) is 0 Å². The summed E-state index contributed by atoms with van der Waals surface area (Å²) in [5.41, 5.74) is -0.539. The van der Waals surface area contributed by atoms with Gasteiger partial charge in [0.15, 0.2) is 0 Å². The van der Waals surface area contributed by atoms with Gasteiger partial charge in [0.05, 0.1) is 11.7 Å². The van der Waals surface area contributed by atoms with Gasteiger partial charge in [-0.2, -0.15) is 0 Å². The highest BCUT2D eigenvalue weighted by Crippen LogP contribution is 2.17. The largest absolute Gasteiger partial charge is 0.389 e. The molecule has 1 aliphatic heterocycles. The van der Waals surface area contributed by atoms with E-state index < -0.39 is 5.60 Å². The number of ether oxygens (including phenoxy) is 1. The third-order valence-corrected chi connectivity index (χ3v) is 3.39. The lowest BCUT2D eigenvalue weighted by Crippen LogP contribution is -2.45. The minimum absolute atomic E-state index is 0.285.